The van der Waals surface area contributed by atoms with Crippen molar-refractivity contribution in [3.8, 4) is 0 Å². The minimum Gasteiger partial charge on any atom is -0.286 e. The minimum absolute atomic E-state index is 0. The second-order valence-corrected chi connectivity index (χ2v) is 3.59. The number of nitrogens with zero attached hydrogens (tertiary/aromatic N) is 2. The molecule has 1 heterocycles. The van der Waals surface area contributed by atoms with Gasteiger partial charge in [-0.15, -0.1) is 0 Å². The molecule has 1 rings (SSSR count). The number of nitrogens with one attached hydrogen (secondary N) is 1. The molecule has 14 heavy (non-hydrogen) atoms. The van der Waals surface area contributed by atoms with Crippen LogP contribution >= 0.6 is 11.8 Å². The van der Waals surface area contributed by atoms with Crippen molar-refractivity contribution in [3.05, 3.63) is 21.0 Å². The first-order valence-electron chi connectivity index (χ1n) is 3.83. The van der Waals surface area contributed by atoms with E-state index in [9.17, 15) is 9.59 Å². The van der Waals surface area contributed by atoms with Crippen LogP contribution in [-0.2, 0) is 0 Å². The summed E-state index contributed by atoms with van der Waals surface area (Å²) in [5, 5.41) is 0.354. The molecule has 0 saturated carbocycles. The normalized spacial score (nSPS) is 10.0. The summed E-state index contributed by atoms with van der Waals surface area (Å²) in [7, 11) is 0. The van der Waals surface area contributed by atoms with Crippen molar-refractivity contribution in [2.45, 2.75) is 25.0 Å². The molecule has 0 aliphatic rings. The zero-order valence-electron chi connectivity index (χ0n) is 8.70. The fraction of sp³-hybridized carbons (Fsp3) is 0.571. The molecule has 0 spiro atoms. The van der Waals surface area contributed by atoms with Crippen LogP contribution < -0.4 is 11.4 Å². The first-order chi connectivity index (χ1) is 6.06. The van der Waals surface area contributed by atoms with Gasteiger partial charge in [-0.2, -0.15) is 4.98 Å². The van der Waals surface area contributed by atoms with Crippen LogP contribution in [0.15, 0.2) is 14.7 Å². The van der Waals surface area contributed by atoms with E-state index in [0.717, 1.165) is 4.57 Å². The molecule has 0 amide bonds. The average Bonchev–Trinajstić information content (AvgIpc) is 2.02. The minimum atomic E-state index is -0.497. The van der Waals surface area contributed by atoms with Crippen molar-refractivity contribution in [3.63, 3.8) is 0 Å². The summed E-state index contributed by atoms with van der Waals surface area (Å²) in [5.41, 5.74) is -0.901. The van der Waals surface area contributed by atoms with Gasteiger partial charge in [-0.25, -0.2) is 14.2 Å². The maximum absolute atomic E-state index is 11.3. The summed E-state index contributed by atoms with van der Waals surface area (Å²) in [6, 6.07) is -0.167. The summed E-state index contributed by atoms with van der Waals surface area (Å²) in [6.45, 7) is 3.52. The number of hydrogen-bond donors (Lipinski definition) is 1. The van der Waals surface area contributed by atoms with E-state index in [4.69, 9.17) is 0 Å². The maximum atomic E-state index is 11.3. The Hall–Kier alpha value is -0.0400. The first-order valence-corrected chi connectivity index (χ1v) is 5.05. The molecule has 0 fully saturated rings. The molecule has 0 saturated heterocycles. The number of H-pyrrole nitrogens is 1. The van der Waals surface area contributed by atoms with Crippen LogP contribution in [0.2, 0.25) is 0 Å². The predicted molar refractivity (Wildman–Crippen MR) is 57.0 cm³/mol. The van der Waals surface area contributed by atoms with Gasteiger partial charge in [-0.1, -0.05) is 11.8 Å². The summed E-state index contributed by atoms with van der Waals surface area (Å²) in [6.07, 6.45) is 1.75. The van der Waals surface area contributed by atoms with Crippen molar-refractivity contribution in [2.24, 2.45) is 0 Å². The van der Waals surface area contributed by atoms with Gasteiger partial charge in [0.1, 0.15) is 0 Å². The number of thioether (sulfide) groups is 1. The molecular weight excluding hydrogens is 213 g/mol. The van der Waals surface area contributed by atoms with Crippen molar-refractivity contribution < 1.29 is 0 Å². The number of aromatic nitrogens is 3. The molecule has 7 heteroatoms. The third kappa shape index (κ3) is 2.98. The van der Waals surface area contributed by atoms with Gasteiger partial charge in [0, 0.05) is 35.6 Å². The van der Waals surface area contributed by atoms with Gasteiger partial charge in [0.05, 0.1) is 0 Å². The van der Waals surface area contributed by atoms with Gasteiger partial charge in [0.2, 0.25) is 0 Å². The smallest absolute Gasteiger partial charge is 0.286 e. The Labute approximate surface area is 108 Å². The summed E-state index contributed by atoms with van der Waals surface area (Å²) in [5.74, 6) is 0. The van der Waals surface area contributed by atoms with Crippen molar-refractivity contribution in [1.82, 2.24) is 14.5 Å². The van der Waals surface area contributed by atoms with Gasteiger partial charge in [-0.3, -0.25) is 4.98 Å². The Bertz CT molecular complexity index is 381. The molecule has 1 radical (unpaired) electrons. The van der Waals surface area contributed by atoms with Crippen LogP contribution in [-0.4, -0.2) is 50.3 Å². The predicted octanol–water partition coefficient (Wildman–Crippen LogP) is -0.146. The van der Waals surface area contributed by atoms with Crippen LogP contribution in [0, 0.1) is 0 Å². The maximum Gasteiger partial charge on any atom is 0.354 e. The summed E-state index contributed by atoms with van der Waals surface area (Å²) >= 11 is 1.24. The zero-order valence-corrected chi connectivity index (χ0v) is 11.5. The Balaban J connectivity index is 0.00000169. The third-order valence-corrected chi connectivity index (χ3v) is 2.13. The van der Waals surface area contributed by atoms with Crippen molar-refractivity contribution in [2.75, 3.05) is 6.26 Å². The molecule has 1 aromatic heterocycles. The van der Waals surface area contributed by atoms with E-state index in [1.165, 1.54) is 11.8 Å². The fourth-order valence-corrected chi connectivity index (χ4v) is 1.32. The van der Waals surface area contributed by atoms with Gasteiger partial charge >= 0.3 is 11.4 Å². The van der Waals surface area contributed by atoms with E-state index in [1.807, 2.05) is 0 Å². The molecule has 0 bridgehead atoms. The zero-order chi connectivity index (χ0) is 10.0. The Morgan fingerprint density at radius 2 is 2.00 bits per heavy atom. The van der Waals surface area contributed by atoms with Crippen molar-refractivity contribution in [1.29, 1.82) is 0 Å². The van der Waals surface area contributed by atoms with Crippen LogP contribution in [0.25, 0.3) is 0 Å². The SMILES string of the molecule is CSc1nc(=O)n(C(C)C)c(=O)[nH]1.[Na]. The Morgan fingerprint density at radius 1 is 1.43 bits per heavy atom. The van der Waals surface area contributed by atoms with Crippen molar-refractivity contribution >= 4 is 41.3 Å². The molecule has 73 valence electrons. The third-order valence-electron chi connectivity index (χ3n) is 1.55. The van der Waals surface area contributed by atoms with Gasteiger partial charge in [0.15, 0.2) is 5.16 Å². The molecule has 1 N–H and O–H groups in total. The molecule has 0 atom stereocenters. The van der Waals surface area contributed by atoms with Crippen LogP contribution in [0.5, 0.6) is 0 Å². The van der Waals surface area contributed by atoms with E-state index in [0.29, 0.717) is 5.16 Å². The van der Waals surface area contributed by atoms with Crippen LogP contribution in [0.3, 0.4) is 0 Å². The monoisotopic (exact) mass is 224 g/mol. The Morgan fingerprint density at radius 3 is 2.36 bits per heavy atom. The van der Waals surface area contributed by atoms with E-state index < -0.39 is 11.4 Å². The van der Waals surface area contributed by atoms with Gasteiger partial charge in [-0.05, 0) is 20.1 Å². The van der Waals surface area contributed by atoms with Crippen LogP contribution in [0.4, 0.5) is 0 Å². The molecule has 5 nitrogen and oxygen atoms in total. The standard InChI is InChI=1S/C7H11N3O2S.Na/c1-4(2)10-6(11)8-5(13-3)9-7(10)12;/h4H,1-3H3,(H,8,9,11,12);. The summed E-state index contributed by atoms with van der Waals surface area (Å²) < 4.78 is 1.08. The second-order valence-electron chi connectivity index (χ2n) is 2.80. The molecule has 1 aromatic rings. The fourth-order valence-electron chi connectivity index (χ4n) is 0.959. The van der Waals surface area contributed by atoms with Gasteiger partial charge in [0.25, 0.3) is 0 Å². The van der Waals surface area contributed by atoms with E-state index in [-0.39, 0.29) is 35.6 Å². The molecule has 0 aliphatic heterocycles. The van der Waals surface area contributed by atoms with E-state index in [1.54, 1.807) is 20.1 Å². The van der Waals surface area contributed by atoms with E-state index in [2.05, 4.69) is 9.97 Å². The molecule has 0 aliphatic carbocycles. The number of aromatic amines is 1. The van der Waals surface area contributed by atoms with Gasteiger partial charge < -0.3 is 0 Å². The molecule has 0 aromatic carbocycles. The average molecular weight is 224 g/mol. The largest absolute Gasteiger partial charge is 0.354 e. The quantitative estimate of drug-likeness (QED) is 0.560. The van der Waals surface area contributed by atoms with Crippen LogP contribution in [0.1, 0.15) is 19.9 Å². The van der Waals surface area contributed by atoms with E-state index >= 15 is 0 Å². The first kappa shape index (κ1) is 14.0. The second kappa shape index (κ2) is 5.75. The number of hydrogen-bond acceptors (Lipinski definition) is 4. The molecular formula is C7H11N3NaO2S. The molecule has 0 unspecified atom stereocenters. The summed E-state index contributed by atoms with van der Waals surface area (Å²) in [4.78, 5) is 28.8. The topological polar surface area (TPSA) is 67.8 Å². The Kier molecular flexibility index (Phi) is 5.73. The number of rotatable bonds is 2.